The Kier molecular flexibility index (Phi) is 4.21. The lowest BCUT2D eigenvalue weighted by atomic mass is 10.4. The molecule has 0 fully saturated rings. The summed E-state index contributed by atoms with van der Waals surface area (Å²) in [4.78, 5) is 4.41. The van der Waals surface area contributed by atoms with Gasteiger partial charge in [-0.2, -0.15) is 0 Å². The van der Waals surface area contributed by atoms with Gasteiger partial charge in [-0.25, -0.2) is 4.98 Å². The fraction of sp³-hybridized carbons (Fsp3) is 0.625. The normalized spacial score (nSPS) is 10.5. The molecule has 1 aromatic rings. The fourth-order valence-corrected chi connectivity index (χ4v) is 1.69. The zero-order valence-corrected chi connectivity index (χ0v) is 8.28. The molecule has 0 aliphatic rings. The second-order valence-electron chi connectivity index (χ2n) is 2.51. The summed E-state index contributed by atoms with van der Waals surface area (Å²) in [6.45, 7) is 1.61. The van der Waals surface area contributed by atoms with Gasteiger partial charge in [-0.3, -0.25) is 0 Å². The Morgan fingerprint density at radius 2 is 2.50 bits per heavy atom. The monoisotopic (exact) mass is 186 g/mol. The Hall–Kier alpha value is -0.450. The molecule has 0 aliphatic carbocycles. The van der Waals surface area contributed by atoms with Crippen molar-refractivity contribution in [2.24, 2.45) is 0 Å². The topological polar surface area (TPSA) is 34.1 Å². The molecule has 0 unspecified atom stereocenters. The molecule has 68 valence electrons. The highest BCUT2D eigenvalue weighted by Gasteiger charge is 1.99. The lowest BCUT2D eigenvalue weighted by Gasteiger charge is -1.93. The first-order valence-corrected chi connectivity index (χ1v) is 4.81. The standard InChI is InChI=1S/C8H14N2OS/c1-9-5-7-6-12-8(10-7)3-4-11-2/h6,9H,3-5H2,1-2H3. The van der Waals surface area contributed by atoms with Gasteiger partial charge in [-0.05, 0) is 7.05 Å². The third kappa shape index (κ3) is 2.89. The van der Waals surface area contributed by atoms with Crippen molar-refractivity contribution in [1.29, 1.82) is 0 Å². The molecule has 0 radical (unpaired) electrons. The van der Waals surface area contributed by atoms with E-state index in [2.05, 4.69) is 15.7 Å². The molecule has 0 saturated heterocycles. The number of hydrogen-bond donors (Lipinski definition) is 1. The maximum absolute atomic E-state index is 4.97. The van der Waals surface area contributed by atoms with Crippen molar-refractivity contribution < 1.29 is 4.74 Å². The first-order chi connectivity index (χ1) is 5.86. The molecule has 4 heteroatoms. The van der Waals surface area contributed by atoms with Crippen LogP contribution in [0.25, 0.3) is 0 Å². The zero-order valence-electron chi connectivity index (χ0n) is 7.46. The molecule has 1 heterocycles. The average Bonchev–Trinajstić information content (AvgIpc) is 2.50. The van der Waals surface area contributed by atoms with Gasteiger partial charge in [0.1, 0.15) is 0 Å². The van der Waals surface area contributed by atoms with Crippen LogP contribution in [0.1, 0.15) is 10.7 Å². The summed E-state index contributed by atoms with van der Waals surface area (Å²) in [7, 11) is 3.64. The Labute approximate surface area is 76.8 Å². The number of rotatable bonds is 5. The van der Waals surface area contributed by atoms with Gasteiger partial charge < -0.3 is 10.1 Å². The minimum atomic E-state index is 0.756. The van der Waals surface area contributed by atoms with Crippen LogP contribution in [0.15, 0.2) is 5.38 Å². The van der Waals surface area contributed by atoms with E-state index in [9.17, 15) is 0 Å². The molecule has 0 atom stereocenters. The lowest BCUT2D eigenvalue weighted by Crippen LogP contribution is -2.05. The van der Waals surface area contributed by atoms with Crippen molar-refractivity contribution >= 4 is 11.3 Å². The van der Waals surface area contributed by atoms with E-state index in [1.807, 2.05) is 7.05 Å². The molecule has 1 rings (SSSR count). The molecule has 3 nitrogen and oxygen atoms in total. The van der Waals surface area contributed by atoms with Gasteiger partial charge in [0.15, 0.2) is 0 Å². The number of methoxy groups -OCH3 is 1. The molecular weight excluding hydrogens is 172 g/mol. The first-order valence-electron chi connectivity index (χ1n) is 3.93. The highest BCUT2D eigenvalue weighted by atomic mass is 32.1. The van der Waals surface area contributed by atoms with Crippen LogP contribution in [0, 0.1) is 0 Å². The maximum Gasteiger partial charge on any atom is 0.0951 e. The predicted octanol–water partition coefficient (Wildman–Crippen LogP) is 1.05. The Morgan fingerprint density at radius 3 is 3.17 bits per heavy atom. The van der Waals surface area contributed by atoms with Gasteiger partial charge in [0.05, 0.1) is 17.3 Å². The van der Waals surface area contributed by atoms with Crippen LogP contribution < -0.4 is 5.32 Å². The van der Waals surface area contributed by atoms with Crippen LogP contribution >= 0.6 is 11.3 Å². The van der Waals surface area contributed by atoms with E-state index in [0.29, 0.717) is 0 Å². The summed E-state index contributed by atoms with van der Waals surface area (Å²) in [5.41, 5.74) is 1.12. The third-order valence-corrected chi connectivity index (χ3v) is 2.43. The average molecular weight is 186 g/mol. The predicted molar refractivity (Wildman–Crippen MR) is 50.5 cm³/mol. The van der Waals surface area contributed by atoms with Crippen molar-refractivity contribution in [2.45, 2.75) is 13.0 Å². The van der Waals surface area contributed by atoms with E-state index < -0.39 is 0 Å². The first kappa shape index (κ1) is 9.64. The second-order valence-corrected chi connectivity index (χ2v) is 3.45. The Bertz CT molecular complexity index is 225. The van der Waals surface area contributed by atoms with Gasteiger partial charge in [-0.1, -0.05) is 0 Å². The highest BCUT2D eigenvalue weighted by molar-refractivity contribution is 7.09. The highest BCUT2D eigenvalue weighted by Crippen LogP contribution is 2.09. The minimum absolute atomic E-state index is 0.756. The van der Waals surface area contributed by atoms with Crippen LogP contribution in [0.5, 0.6) is 0 Å². The smallest absolute Gasteiger partial charge is 0.0951 e. The summed E-state index contributed by atoms with van der Waals surface area (Å²) < 4.78 is 4.97. The molecule has 0 spiro atoms. The van der Waals surface area contributed by atoms with E-state index in [0.717, 1.165) is 30.3 Å². The van der Waals surface area contributed by atoms with Crippen LogP contribution in [-0.4, -0.2) is 25.7 Å². The largest absolute Gasteiger partial charge is 0.384 e. The summed E-state index contributed by atoms with van der Waals surface area (Å²) in [5.74, 6) is 0. The van der Waals surface area contributed by atoms with Crippen LogP contribution in [0.3, 0.4) is 0 Å². The molecule has 0 bridgehead atoms. The number of hydrogen-bond acceptors (Lipinski definition) is 4. The van der Waals surface area contributed by atoms with Gasteiger partial charge in [0.2, 0.25) is 0 Å². The van der Waals surface area contributed by atoms with Crippen LogP contribution in [0.4, 0.5) is 0 Å². The van der Waals surface area contributed by atoms with Crippen molar-refractivity contribution in [3.8, 4) is 0 Å². The molecule has 1 aromatic heterocycles. The van der Waals surface area contributed by atoms with Crippen LogP contribution in [-0.2, 0) is 17.7 Å². The molecule has 12 heavy (non-hydrogen) atoms. The van der Waals surface area contributed by atoms with E-state index >= 15 is 0 Å². The molecular formula is C8H14N2OS. The minimum Gasteiger partial charge on any atom is -0.384 e. The zero-order chi connectivity index (χ0) is 8.81. The quantitative estimate of drug-likeness (QED) is 0.746. The summed E-state index contributed by atoms with van der Waals surface area (Å²) in [6, 6.07) is 0. The van der Waals surface area contributed by atoms with Gasteiger partial charge in [-0.15, -0.1) is 11.3 Å². The summed E-state index contributed by atoms with van der Waals surface area (Å²) in [6.07, 6.45) is 0.922. The third-order valence-electron chi connectivity index (χ3n) is 1.48. The number of nitrogens with zero attached hydrogens (tertiary/aromatic N) is 1. The fourth-order valence-electron chi connectivity index (χ4n) is 0.915. The second kappa shape index (κ2) is 5.24. The van der Waals surface area contributed by atoms with Crippen molar-refractivity contribution in [2.75, 3.05) is 20.8 Å². The van der Waals surface area contributed by atoms with Crippen molar-refractivity contribution in [3.63, 3.8) is 0 Å². The molecule has 0 aliphatic heterocycles. The van der Waals surface area contributed by atoms with Crippen LogP contribution in [0.2, 0.25) is 0 Å². The number of ether oxygens (including phenoxy) is 1. The summed E-state index contributed by atoms with van der Waals surface area (Å²) >= 11 is 1.70. The number of thiazole rings is 1. The van der Waals surface area contributed by atoms with Gasteiger partial charge in [0.25, 0.3) is 0 Å². The van der Waals surface area contributed by atoms with E-state index in [-0.39, 0.29) is 0 Å². The molecule has 0 amide bonds. The molecule has 1 N–H and O–H groups in total. The van der Waals surface area contributed by atoms with Crippen molar-refractivity contribution in [3.05, 3.63) is 16.1 Å². The Balaban J connectivity index is 2.41. The SMILES string of the molecule is CNCc1csc(CCOC)n1. The van der Waals surface area contributed by atoms with E-state index in [1.54, 1.807) is 18.4 Å². The maximum atomic E-state index is 4.97. The molecule has 0 saturated carbocycles. The summed E-state index contributed by atoms with van der Waals surface area (Å²) in [5, 5.41) is 6.31. The van der Waals surface area contributed by atoms with Gasteiger partial charge >= 0.3 is 0 Å². The molecule has 0 aromatic carbocycles. The number of nitrogens with one attached hydrogen (secondary N) is 1. The van der Waals surface area contributed by atoms with Gasteiger partial charge in [0, 0.05) is 25.5 Å². The number of aromatic nitrogens is 1. The van der Waals surface area contributed by atoms with Crippen molar-refractivity contribution in [1.82, 2.24) is 10.3 Å². The Morgan fingerprint density at radius 1 is 1.67 bits per heavy atom. The van der Waals surface area contributed by atoms with E-state index in [4.69, 9.17) is 4.74 Å². The lowest BCUT2D eigenvalue weighted by molar-refractivity contribution is 0.202. The van der Waals surface area contributed by atoms with E-state index in [1.165, 1.54) is 0 Å².